The molecule has 1 saturated heterocycles. The van der Waals surface area contributed by atoms with Crippen LogP contribution in [0.4, 0.5) is 5.82 Å². The van der Waals surface area contributed by atoms with Crippen LogP contribution in [0.15, 0.2) is 54.9 Å². The first-order valence-corrected chi connectivity index (χ1v) is 9.30. The van der Waals surface area contributed by atoms with E-state index in [1.807, 2.05) is 47.3 Å². The van der Waals surface area contributed by atoms with Gasteiger partial charge in [-0.05, 0) is 54.5 Å². The van der Waals surface area contributed by atoms with E-state index in [1.165, 1.54) is 19.3 Å². The molecule has 0 unspecified atom stereocenters. The number of aromatic nitrogens is 2. The van der Waals surface area contributed by atoms with Gasteiger partial charge in [0.25, 0.3) is 0 Å². The van der Waals surface area contributed by atoms with E-state index in [0.717, 1.165) is 35.4 Å². The zero-order valence-electron chi connectivity index (χ0n) is 14.9. The third kappa shape index (κ3) is 3.72. The first-order chi connectivity index (χ1) is 12.8. The van der Waals surface area contributed by atoms with E-state index in [9.17, 15) is 4.79 Å². The maximum absolute atomic E-state index is 12.4. The highest BCUT2D eigenvalue weighted by molar-refractivity contribution is 5.83. The van der Waals surface area contributed by atoms with Gasteiger partial charge >= 0.3 is 0 Å². The second-order valence-corrected chi connectivity index (χ2v) is 6.85. The average molecular weight is 348 g/mol. The fourth-order valence-corrected chi connectivity index (χ4v) is 3.56. The lowest BCUT2D eigenvalue weighted by Gasteiger charge is -2.27. The van der Waals surface area contributed by atoms with Crippen molar-refractivity contribution in [2.24, 2.45) is 0 Å². The molecule has 0 saturated carbocycles. The predicted octanol–water partition coefficient (Wildman–Crippen LogP) is 3.34. The summed E-state index contributed by atoms with van der Waals surface area (Å²) < 4.78 is 1.98. The van der Waals surface area contributed by atoms with Crippen molar-refractivity contribution in [2.45, 2.75) is 32.4 Å². The quantitative estimate of drug-likeness (QED) is 0.769. The Labute approximate surface area is 153 Å². The normalized spacial score (nSPS) is 14.5. The topological polar surface area (TPSA) is 50.2 Å². The molecular weight excluding hydrogens is 324 g/mol. The second-order valence-electron chi connectivity index (χ2n) is 6.85. The number of nitrogens with zero attached hydrogens (tertiary/aromatic N) is 3. The monoisotopic (exact) mass is 348 g/mol. The van der Waals surface area contributed by atoms with Crippen LogP contribution in [0.2, 0.25) is 0 Å². The largest absolute Gasteiger partial charge is 0.357 e. The molecule has 2 aromatic heterocycles. The van der Waals surface area contributed by atoms with E-state index >= 15 is 0 Å². The number of amides is 1. The molecule has 5 nitrogen and oxygen atoms in total. The Morgan fingerprint density at radius 3 is 2.81 bits per heavy atom. The molecule has 5 heteroatoms. The van der Waals surface area contributed by atoms with Gasteiger partial charge in [0.05, 0.1) is 0 Å². The molecule has 0 aliphatic carbocycles. The van der Waals surface area contributed by atoms with E-state index in [4.69, 9.17) is 0 Å². The van der Waals surface area contributed by atoms with Crippen molar-refractivity contribution in [3.8, 4) is 0 Å². The van der Waals surface area contributed by atoms with E-state index in [1.54, 1.807) is 0 Å². The number of rotatable bonds is 5. The molecule has 1 aromatic carbocycles. The summed E-state index contributed by atoms with van der Waals surface area (Å²) in [4.78, 5) is 19.2. The Balaban J connectivity index is 1.37. The number of piperidine rings is 1. The highest BCUT2D eigenvalue weighted by Crippen LogP contribution is 2.18. The van der Waals surface area contributed by atoms with Crippen LogP contribution in [-0.2, 0) is 17.9 Å². The molecule has 4 rings (SSSR count). The summed E-state index contributed by atoms with van der Waals surface area (Å²) in [6.45, 7) is 3.01. The molecule has 0 atom stereocenters. The molecule has 1 N–H and O–H groups in total. The fourth-order valence-electron chi connectivity index (χ4n) is 3.56. The molecule has 0 spiro atoms. The molecule has 1 amide bonds. The number of carbonyl (C=O) groups is 1. The lowest BCUT2D eigenvalue weighted by atomic mass is 10.1. The first kappa shape index (κ1) is 16.6. The Morgan fingerprint density at radius 1 is 1.08 bits per heavy atom. The van der Waals surface area contributed by atoms with Gasteiger partial charge in [0, 0.05) is 37.5 Å². The lowest BCUT2D eigenvalue weighted by molar-refractivity contribution is -0.121. The first-order valence-electron chi connectivity index (χ1n) is 9.30. The van der Waals surface area contributed by atoms with Gasteiger partial charge in [0.15, 0.2) is 0 Å². The number of fused-ring (bicyclic) bond motifs is 1. The van der Waals surface area contributed by atoms with Crippen LogP contribution in [0, 0.1) is 0 Å². The molecule has 0 bridgehead atoms. The van der Waals surface area contributed by atoms with Crippen LogP contribution >= 0.6 is 0 Å². The summed E-state index contributed by atoms with van der Waals surface area (Å²) in [5, 5.41) is 4.18. The standard InChI is InChI=1S/C21H24N4O/c26-21(16-25-13-9-18-6-2-3-7-19(18)25)23-15-17-8-10-22-20(14-17)24-11-4-1-5-12-24/h2-3,6-10,13-14H,1,4-5,11-12,15-16H2,(H,23,26). The molecule has 26 heavy (non-hydrogen) atoms. The zero-order chi connectivity index (χ0) is 17.8. The van der Waals surface area contributed by atoms with Crippen LogP contribution in [0.3, 0.4) is 0 Å². The van der Waals surface area contributed by atoms with Gasteiger partial charge in [-0.1, -0.05) is 18.2 Å². The number of hydrogen-bond acceptors (Lipinski definition) is 3. The maximum atomic E-state index is 12.4. The van der Waals surface area contributed by atoms with Crippen LogP contribution in [0.25, 0.3) is 10.9 Å². The van der Waals surface area contributed by atoms with Gasteiger partial charge in [-0.3, -0.25) is 4.79 Å². The highest BCUT2D eigenvalue weighted by atomic mass is 16.1. The van der Waals surface area contributed by atoms with Crippen molar-refractivity contribution in [1.29, 1.82) is 0 Å². The third-order valence-corrected chi connectivity index (χ3v) is 4.97. The number of hydrogen-bond donors (Lipinski definition) is 1. The van der Waals surface area contributed by atoms with Gasteiger partial charge in [-0.25, -0.2) is 4.98 Å². The van der Waals surface area contributed by atoms with E-state index in [0.29, 0.717) is 13.1 Å². The Kier molecular flexibility index (Phi) is 4.86. The molecule has 1 fully saturated rings. The molecule has 1 aliphatic rings. The zero-order valence-corrected chi connectivity index (χ0v) is 14.9. The van der Waals surface area contributed by atoms with Gasteiger partial charge in [-0.2, -0.15) is 0 Å². The van der Waals surface area contributed by atoms with Crippen LogP contribution < -0.4 is 10.2 Å². The number of anilines is 1. The highest BCUT2D eigenvalue weighted by Gasteiger charge is 2.12. The van der Waals surface area contributed by atoms with Gasteiger partial charge in [0.2, 0.25) is 5.91 Å². The molecule has 1 aliphatic heterocycles. The third-order valence-electron chi connectivity index (χ3n) is 4.97. The van der Waals surface area contributed by atoms with Gasteiger partial charge in [-0.15, -0.1) is 0 Å². The van der Waals surface area contributed by atoms with Crippen molar-refractivity contribution < 1.29 is 4.79 Å². The van der Waals surface area contributed by atoms with E-state index < -0.39 is 0 Å². The van der Waals surface area contributed by atoms with Crippen molar-refractivity contribution >= 4 is 22.6 Å². The fraction of sp³-hybridized carbons (Fsp3) is 0.333. The molecule has 3 aromatic rings. The van der Waals surface area contributed by atoms with Gasteiger partial charge < -0.3 is 14.8 Å². The number of para-hydroxylation sites is 1. The summed E-state index contributed by atoms with van der Waals surface area (Å²) in [6.07, 6.45) is 7.57. The number of nitrogens with one attached hydrogen (secondary N) is 1. The molecule has 134 valence electrons. The minimum Gasteiger partial charge on any atom is -0.357 e. The minimum atomic E-state index is 0.0164. The van der Waals surface area contributed by atoms with Crippen molar-refractivity contribution in [3.05, 3.63) is 60.4 Å². The SMILES string of the molecule is O=C(Cn1ccc2ccccc21)NCc1ccnc(N2CCCCC2)c1. The average Bonchev–Trinajstić information content (AvgIpc) is 3.10. The number of carbonyl (C=O) groups excluding carboxylic acids is 1. The van der Waals surface area contributed by atoms with Crippen molar-refractivity contribution in [1.82, 2.24) is 14.9 Å². The van der Waals surface area contributed by atoms with Crippen LogP contribution in [0.5, 0.6) is 0 Å². The summed E-state index contributed by atoms with van der Waals surface area (Å²) >= 11 is 0. The molecule has 3 heterocycles. The van der Waals surface area contributed by atoms with E-state index in [2.05, 4.69) is 27.3 Å². The van der Waals surface area contributed by atoms with Crippen molar-refractivity contribution in [3.63, 3.8) is 0 Å². The Bertz CT molecular complexity index is 896. The molecule has 0 radical (unpaired) electrons. The number of benzene rings is 1. The second kappa shape index (κ2) is 7.60. The van der Waals surface area contributed by atoms with Crippen LogP contribution in [0.1, 0.15) is 24.8 Å². The van der Waals surface area contributed by atoms with Gasteiger partial charge in [0.1, 0.15) is 12.4 Å². The summed E-state index contributed by atoms with van der Waals surface area (Å²) in [6, 6.07) is 14.2. The summed E-state index contributed by atoms with van der Waals surface area (Å²) in [5.41, 5.74) is 2.17. The lowest BCUT2D eigenvalue weighted by Crippen LogP contribution is -2.30. The Morgan fingerprint density at radius 2 is 1.92 bits per heavy atom. The van der Waals surface area contributed by atoms with Crippen molar-refractivity contribution in [2.75, 3.05) is 18.0 Å². The minimum absolute atomic E-state index is 0.0164. The molecular formula is C21H24N4O. The Hall–Kier alpha value is -2.82. The predicted molar refractivity (Wildman–Crippen MR) is 104 cm³/mol. The van der Waals surface area contributed by atoms with E-state index in [-0.39, 0.29) is 5.91 Å². The maximum Gasteiger partial charge on any atom is 0.240 e. The van der Waals surface area contributed by atoms with Crippen LogP contribution in [-0.4, -0.2) is 28.5 Å². The number of pyridine rings is 1. The summed E-state index contributed by atoms with van der Waals surface area (Å²) in [5.74, 6) is 1.04. The summed E-state index contributed by atoms with van der Waals surface area (Å²) in [7, 11) is 0. The smallest absolute Gasteiger partial charge is 0.240 e.